The van der Waals surface area contributed by atoms with Gasteiger partial charge in [0.1, 0.15) is 0 Å². The van der Waals surface area contributed by atoms with Crippen LogP contribution in [0.2, 0.25) is 5.02 Å². The van der Waals surface area contributed by atoms with Gasteiger partial charge in [0, 0.05) is 27.7 Å². The van der Waals surface area contributed by atoms with E-state index >= 15 is 0 Å². The van der Waals surface area contributed by atoms with Crippen LogP contribution in [0.4, 0.5) is 0 Å². The molecule has 25 heavy (non-hydrogen) atoms. The minimum absolute atomic E-state index is 0.671. The van der Waals surface area contributed by atoms with Crippen molar-refractivity contribution in [1.29, 1.82) is 0 Å². The minimum Gasteiger partial charge on any atom is -0.318 e. The molecule has 0 spiro atoms. The van der Waals surface area contributed by atoms with Gasteiger partial charge in [-0.25, -0.2) is 0 Å². The van der Waals surface area contributed by atoms with Gasteiger partial charge in [0.15, 0.2) is 0 Å². The summed E-state index contributed by atoms with van der Waals surface area (Å²) in [5.74, 6) is 0. The number of hydrogen-bond acceptors (Lipinski definition) is 2. The lowest BCUT2D eigenvalue weighted by Gasteiger charge is -2.10. The molecule has 3 rings (SSSR count). The monoisotopic (exact) mass is 351 g/mol. The number of nitrogens with one attached hydrogen (secondary N) is 1. The van der Waals surface area contributed by atoms with Crippen LogP contribution in [-0.4, -0.2) is 10.8 Å². The molecule has 0 fully saturated rings. The van der Waals surface area contributed by atoms with Gasteiger partial charge < -0.3 is 9.99 Å². The van der Waals surface area contributed by atoms with Gasteiger partial charge in [0.05, 0.1) is 12.8 Å². The van der Waals surface area contributed by atoms with E-state index in [1.807, 2.05) is 30.5 Å². The molecule has 0 aliphatic heterocycles. The number of aryl methyl sites for hydroxylation is 2. The summed E-state index contributed by atoms with van der Waals surface area (Å²) in [6.07, 6.45) is 1.88. The molecule has 3 aromatic rings. The summed E-state index contributed by atoms with van der Waals surface area (Å²) in [4.78, 5) is 0. The zero-order chi connectivity index (χ0) is 17.8. The maximum Gasteiger partial charge on any atom is 0.0580 e. The molecule has 1 aromatic heterocycles. The third-order valence-electron chi connectivity index (χ3n) is 4.22. The van der Waals surface area contributed by atoms with Crippen molar-refractivity contribution in [3.8, 4) is 5.69 Å². The second-order valence-electron chi connectivity index (χ2n) is 6.22. The Labute approximate surface area is 154 Å². The van der Waals surface area contributed by atoms with Crippen LogP contribution in [0, 0.1) is 20.8 Å². The molecule has 1 heterocycles. The lowest BCUT2D eigenvalue weighted by molar-refractivity contribution is 0.748. The lowest BCUT2D eigenvalue weighted by atomic mass is 10.2. The highest BCUT2D eigenvalue weighted by atomic mass is 35.5. The summed E-state index contributed by atoms with van der Waals surface area (Å²) < 4.78 is 2.26. The van der Waals surface area contributed by atoms with Crippen LogP contribution in [0.15, 0.2) is 59.7 Å². The molecule has 0 atom stereocenters. The van der Waals surface area contributed by atoms with Crippen molar-refractivity contribution < 1.29 is 0 Å². The number of aromatic nitrogens is 1. The van der Waals surface area contributed by atoms with E-state index in [1.54, 1.807) is 0 Å². The Morgan fingerprint density at radius 3 is 2.52 bits per heavy atom. The van der Waals surface area contributed by atoms with E-state index in [0.29, 0.717) is 6.54 Å². The van der Waals surface area contributed by atoms with Gasteiger partial charge in [-0.3, -0.25) is 0 Å². The van der Waals surface area contributed by atoms with Gasteiger partial charge in [-0.1, -0.05) is 35.9 Å². The highest BCUT2D eigenvalue weighted by molar-refractivity contribution is 6.30. The second-order valence-corrected chi connectivity index (χ2v) is 6.66. The Kier molecular flexibility index (Phi) is 5.25. The summed E-state index contributed by atoms with van der Waals surface area (Å²) in [7, 11) is 0. The smallest absolute Gasteiger partial charge is 0.0580 e. The molecule has 4 heteroatoms. The Bertz CT molecular complexity index is 892. The molecule has 0 bridgehead atoms. The van der Waals surface area contributed by atoms with Crippen LogP contribution in [0.3, 0.4) is 0 Å². The normalized spacial score (nSPS) is 11.2. The minimum atomic E-state index is 0.671. The van der Waals surface area contributed by atoms with Gasteiger partial charge in [-0.05, 0) is 62.2 Å². The average Bonchev–Trinajstić information content (AvgIpc) is 2.87. The first-order valence-corrected chi connectivity index (χ1v) is 8.69. The van der Waals surface area contributed by atoms with Crippen molar-refractivity contribution in [3.63, 3.8) is 0 Å². The topological polar surface area (TPSA) is 29.3 Å². The van der Waals surface area contributed by atoms with Crippen molar-refractivity contribution >= 4 is 17.8 Å². The summed E-state index contributed by atoms with van der Waals surface area (Å²) in [6.45, 7) is 7.02. The Morgan fingerprint density at radius 2 is 1.80 bits per heavy atom. The first kappa shape index (κ1) is 17.3. The van der Waals surface area contributed by atoms with E-state index in [9.17, 15) is 0 Å². The fourth-order valence-electron chi connectivity index (χ4n) is 2.94. The Hall–Kier alpha value is -2.52. The van der Waals surface area contributed by atoms with Crippen LogP contribution in [0.1, 0.15) is 28.1 Å². The van der Waals surface area contributed by atoms with E-state index in [-0.39, 0.29) is 0 Å². The zero-order valence-electron chi connectivity index (χ0n) is 14.8. The van der Waals surface area contributed by atoms with Crippen LogP contribution < -0.4 is 5.43 Å². The van der Waals surface area contributed by atoms with E-state index in [2.05, 4.69) is 66.2 Å². The van der Waals surface area contributed by atoms with Crippen LogP contribution in [0.5, 0.6) is 0 Å². The number of hydrazone groups is 1. The van der Waals surface area contributed by atoms with E-state index < -0.39 is 0 Å². The van der Waals surface area contributed by atoms with Crippen LogP contribution >= 0.6 is 11.6 Å². The molecular weight excluding hydrogens is 330 g/mol. The van der Waals surface area contributed by atoms with Crippen molar-refractivity contribution in [2.45, 2.75) is 27.3 Å². The van der Waals surface area contributed by atoms with Crippen molar-refractivity contribution in [3.05, 3.63) is 87.7 Å². The molecule has 0 unspecified atom stereocenters. The molecule has 0 saturated heterocycles. The van der Waals surface area contributed by atoms with Gasteiger partial charge in [0.2, 0.25) is 0 Å². The quantitative estimate of drug-likeness (QED) is 0.498. The van der Waals surface area contributed by atoms with Crippen molar-refractivity contribution in [2.24, 2.45) is 5.10 Å². The van der Waals surface area contributed by atoms with Gasteiger partial charge >= 0.3 is 0 Å². The molecule has 0 aliphatic carbocycles. The number of hydrogen-bond donors (Lipinski definition) is 1. The zero-order valence-corrected chi connectivity index (χ0v) is 15.5. The molecule has 0 aliphatic rings. The van der Waals surface area contributed by atoms with Crippen LogP contribution in [-0.2, 0) is 6.54 Å². The second kappa shape index (κ2) is 7.58. The van der Waals surface area contributed by atoms with Crippen molar-refractivity contribution in [2.75, 3.05) is 0 Å². The fourth-order valence-corrected chi connectivity index (χ4v) is 3.06. The SMILES string of the molecule is Cc1cccc(-n2c(C)cc(/C=N\NCc3ccc(Cl)cc3)c2C)c1. The number of nitrogens with zero attached hydrogens (tertiary/aromatic N) is 2. The van der Waals surface area contributed by atoms with E-state index in [4.69, 9.17) is 11.6 Å². The molecule has 0 amide bonds. The predicted octanol–water partition coefficient (Wildman–Crippen LogP) is 5.18. The molecule has 2 aromatic carbocycles. The van der Waals surface area contributed by atoms with Crippen molar-refractivity contribution in [1.82, 2.24) is 9.99 Å². The summed E-state index contributed by atoms with van der Waals surface area (Å²) in [5, 5.41) is 5.11. The number of halogens is 1. The maximum absolute atomic E-state index is 5.90. The third-order valence-corrected chi connectivity index (χ3v) is 4.47. The first-order chi connectivity index (χ1) is 12.0. The molecular formula is C21H22ClN3. The summed E-state index contributed by atoms with van der Waals surface area (Å²) in [6, 6.07) is 18.4. The van der Waals surface area contributed by atoms with Crippen LogP contribution in [0.25, 0.3) is 5.69 Å². The number of rotatable bonds is 5. The molecule has 0 saturated carbocycles. The molecule has 0 radical (unpaired) electrons. The molecule has 128 valence electrons. The summed E-state index contributed by atoms with van der Waals surface area (Å²) >= 11 is 5.90. The van der Waals surface area contributed by atoms with Gasteiger partial charge in [-0.2, -0.15) is 5.10 Å². The molecule has 3 nitrogen and oxygen atoms in total. The standard InChI is InChI=1S/C21H22ClN3/c1-15-5-4-6-21(11-15)25-16(2)12-19(17(25)3)14-24-23-13-18-7-9-20(22)10-8-18/h4-12,14,23H,13H2,1-3H3/b24-14-. The summed E-state index contributed by atoms with van der Waals surface area (Å²) in [5.41, 5.74) is 10.2. The molecule has 1 N–H and O–H groups in total. The highest BCUT2D eigenvalue weighted by Gasteiger charge is 2.09. The maximum atomic E-state index is 5.90. The fraction of sp³-hybridized carbons (Fsp3) is 0.190. The first-order valence-electron chi connectivity index (χ1n) is 8.31. The Balaban J connectivity index is 1.73. The van der Waals surface area contributed by atoms with E-state index in [1.165, 1.54) is 22.6 Å². The third kappa shape index (κ3) is 4.12. The lowest BCUT2D eigenvalue weighted by Crippen LogP contribution is -2.05. The Morgan fingerprint density at radius 1 is 1.04 bits per heavy atom. The largest absolute Gasteiger partial charge is 0.318 e. The van der Waals surface area contributed by atoms with E-state index in [0.717, 1.165) is 16.1 Å². The predicted molar refractivity (Wildman–Crippen MR) is 106 cm³/mol. The van der Waals surface area contributed by atoms with Gasteiger partial charge in [-0.15, -0.1) is 0 Å². The highest BCUT2D eigenvalue weighted by Crippen LogP contribution is 2.20. The van der Waals surface area contributed by atoms with Gasteiger partial charge in [0.25, 0.3) is 0 Å². The average molecular weight is 352 g/mol. The number of benzene rings is 2.